The van der Waals surface area contributed by atoms with Crippen LogP contribution in [0.1, 0.15) is 71.1 Å². The van der Waals surface area contributed by atoms with Gasteiger partial charge in [-0.25, -0.2) is 4.79 Å². The van der Waals surface area contributed by atoms with Crippen LogP contribution in [0.4, 0.5) is 8.78 Å². The van der Waals surface area contributed by atoms with E-state index in [4.69, 9.17) is 9.47 Å². The fraction of sp³-hybridized carbons (Fsp3) is 0.905. The zero-order valence-corrected chi connectivity index (χ0v) is 16.1. The maximum atomic E-state index is 12.8. The molecule has 152 valence electrons. The van der Waals surface area contributed by atoms with Crippen molar-refractivity contribution < 1.29 is 27.8 Å². The van der Waals surface area contributed by atoms with Crippen molar-refractivity contribution in [3.05, 3.63) is 0 Å². The van der Waals surface area contributed by atoms with E-state index in [9.17, 15) is 18.4 Å². The van der Waals surface area contributed by atoms with Gasteiger partial charge in [0.1, 0.15) is 5.60 Å². The number of esters is 2. The first-order valence-corrected chi connectivity index (χ1v) is 10.5. The summed E-state index contributed by atoms with van der Waals surface area (Å²) in [5.41, 5.74) is -0.766. The van der Waals surface area contributed by atoms with E-state index in [2.05, 4.69) is 6.92 Å². The molecule has 0 amide bonds. The third-order valence-electron chi connectivity index (χ3n) is 7.49. The van der Waals surface area contributed by atoms with E-state index < -0.39 is 18.0 Å². The lowest BCUT2D eigenvalue weighted by Gasteiger charge is -2.61. The van der Waals surface area contributed by atoms with Crippen molar-refractivity contribution in [2.45, 2.75) is 83.2 Å². The Kier molecular flexibility index (Phi) is 4.96. The first kappa shape index (κ1) is 19.1. The van der Waals surface area contributed by atoms with E-state index in [1.54, 1.807) is 0 Å². The lowest BCUT2D eigenvalue weighted by atomic mass is 9.48. The van der Waals surface area contributed by atoms with Gasteiger partial charge in [0.05, 0.1) is 12.5 Å². The maximum Gasteiger partial charge on any atom is 0.373 e. The second-order valence-corrected chi connectivity index (χ2v) is 9.93. The van der Waals surface area contributed by atoms with Gasteiger partial charge in [0.2, 0.25) is 0 Å². The average Bonchev–Trinajstić information content (AvgIpc) is 2.58. The van der Waals surface area contributed by atoms with E-state index in [0.717, 1.165) is 57.8 Å². The predicted octanol–water partition coefficient (Wildman–Crippen LogP) is 4.50. The molecule has 0 radical (unpaired) electrons. The summed E-state index contributed by atoms with van der Waals surface area (Å²) in [7, 11) is 0. The van der Waals surface area contributed by atoms with Crippen LogP contribution < -0.4 is 0 Å². The highest BCUT2D eigenvalue weighted by molar-refractivity contribution is 5.73. The minimum atomic E-state index is -3.08. The number of carbonyl (C=O) groups is 2. The van der Waals surface area contributed by atoms with Crippen molar-refractivity contribution in [3.8, 4) is 0 Å². The van der Waals surface area contributed by atoms with Crippen LogP contribution in [-0.2, 0) is 19.1 Å². The highest BCUT2D eigenvalue weighted by atomic mass is 19.3. The average molecular weight is 384 g/mol. The summed E-state index contributed by atoms with van der Waals surface area (Å²) in [6, 6.07) is 0. The monoisotopic (exact) mass is 384 g/mol. The first-order chi connectivity index (χ1) is 12.8. The van der Waals surface area contributed by atoms with Gasteiger partial charge in [-0.15, -0.1) is 0 Å². The SMILES string of the molecule is CC1CCC(C(=O)OC23CC4CC(CC(COC(=O)C(F)F)(C4)C2)C3)CC1. The minimum Gasteiger partial charge on any atom is -0.461 e. The number of rotatable bonds is 5. The highest BCUT2D eigenvalue weighted by Gasteiger charge is 2.60. The molecule has 6 heteroatoms. The van der Waals surface area contributed by atoms with E-state index in [1.807, 2.05) is 0 Å². The standard InChI is InChI=1S/C21H30F2O4/c1-13-2-4-16(5-3-13)18(24)27-21-9-14-6-15(10-21)8-20(7-14,11-21)12-26-19(25)17(22)23/h13-17H,2-12H2,1H3. The second kappa shape index (κ2) is 7.00. The summed E-state index contributed by atoms with van der Waals surface area (Å²) in [6.07, 6.45) is 6.17. The van der Waals surface area contributed by atoms with Gasteiger partial charge in [-0.1, -0.05) is 6.92 Å². The molecule has 0 aromatic carbocycles. The number of alkyl halides is 2. The van der Waals surface area contributed by atoms with Crippen LogP contribution in [0.2, 0.25) is 0 Å². The van der Waals surface area contributed by atoms with Crippen LogP contribution in [-0.4, -0.2) is 30.6 Å². The molecule has 2 unspecified atom stereocenters. The van der Waals surface area contributed by atoms with Gasteiger partial charge in [-0.3, -0.25) is 4.79 Å². The van der Waals surface area contributed by atoms with Crippen LogP contribution in [0.15, 0.2) is 0 Å². The van der Waals surface area contributed by atoms with Crippen LogP contribution in [0.25, 0.3) is 0 Å². The molecule has 5 saturated carbocycles. The molecule has 0 saturated heterocycles. The highest BCUT2D eigenvalue weighted by Crippen LogP contribution is 2.63. The van der Waals surface area contributed by atoms with Gasteiger partial charge in [-0.2, -0.15) is 8.78 Å². The molecular weight excluding hydrogens is 354 g/mol. The van der Waals surface area contributed by atoms with E-state index in [-0.39, 0.29) is 23.9 Å². The van der Waals surface area contributed by atoms with Gasteiger partial charge in [0.15, 0.2) is 0 Å². The zero-order valence-electron chi connectivity index (χ0n) is 16.1. The normalized spacial score (nSPS) is 43.0. The lowest BCUT2D eigenvalue weighted by Crippen LogP contribution is -2.59. The molecule has 5 aliphatic rings. The Balaban J connectivity index is 1.43. The number of ether oxygens (including phenoxy) is 2. The third-order valence-corrected chi connectivity index (χ3v) is 7.49. The Morgan fingerprint density at radius 3 is 2.26 bits per heavy atom. The predicted molar refractivity (Wildman–Crippen MR) is 94.0 cm³/mol. The fourth-order valence-corrected chi connectivity index (χ4v) is 6.73. The molecule has 0 aromatic heterocycles. The summed E-state index contributed by atoms with van der Waals surface area (Å²) < 4.78 is 36.2. The molecule has 5 fully saturated rings. The topological polar surface area (TPSA) is 52.6 Å². The summed E-state index contributed by atoms with van der Waals surface area (Å²) in [5.74, 6) is 0.0613. The summed E-state index contributed by atoms with van der Waals surface area (Å²) in [4.78, 5) is 24.1. The van der Waals surface area contributed by atoms with Crippen molar-refractivity contribution in [1.82, 2.24) is 0 Å². The van der Waals surface area contributed by atoms with Gasteiger partial charge in [0.25, 0.3) is 0 Å². The summed E-state index contributed by atoms with van der Waals surface area (Å²) >= 11 is 0. The van der Waals surface area contributed by atoms with Gasteiger partial charge >= 0.3 is 18.4 Å². The number of carbonyl (C=O) groups excluding carboxylic acids is 2. The molecule has 0 heterocycles. The van der Waals surface area contributed by atoms with Crippen molar-refractivity contribution in [3.63, 3.8) is 0 Å². The maximum absolute atomic E-state index is 12.8. The number of hydrogen-bond donors (Lipinski definition) is 0. The molecule has 0 aliphatic heterocycles. The van der Waals surface area contributed by atoms with Crippen LogP contribution in [0, 0.1) is 29.1 Å². The molecule has 2 atom stereocenters. The minimum absolute atomic E-state index is 0.00168. The van der Waals surface area contributed by atoms with Crippen molar-refractivity contribution >= 4 is 11.9 Å². The smallest absolute Gasteiger partial charge is 0.373 e. The quantitative estimate of drug-likeness (QED) is 0.655. The zero-order chi connectivity index (χ0) is 19.2. The number of halogens is 2. The summed E-state index contributed by atoms with van der Waals surface area (Å²) in [6.45, 7) is 2.26. The van der Waals surface area contributed by atoms with Crippen LogP contribution >= 0.6 is 0 Å². The van der Waals surface area contributed by atoms with Crippen molar-refractivity contribution in [2.24, 2.45) is 29.1 Å². The van der Waals surface area contributed by atoms with Crippen molar-refractivity contribution in [1.29, 1.82) is 0 Å². The molecule has 0 N–H and O–H groups in total. The van der Waals surface area contributed by atoms with E-state index in [1.165, 1.54) is 0 Å². The fourth-order valence-electron chi connectivity index (χ4n) is 6.73. The Morgan fingerprint density at radius 1 is 1.04 bits per heavy atom. The molecule has 5 aliphatic carbocycles. The third kappa shape index (κ3) is 3.86. The molecule has 0 aromatic rings. The van der Waals surface area contributed by atoms with Gasteiger partial charge in [-0.05, 0) is 82.0 Å². The Bertz CT molecular complexity index is 583. The molecule has 5 rings (SSSR count). The second-order valence-electron chi connectivity index (χ2n) is 9.93. The van der Waals surface area contributed by atoms with Crippen molar-refractivity contribution in [2.75, 3.05) is 6.61 Å². The Hall–Kier alpha value is -1.20. The van der Waals surface area contributed by atoms with Gasteiger partial charge < -0.3 is 9.47 Å². The van der Waals surface area contributed by atoms with E-state index >= 15 is 0 Å². The summed E-state index contributed by atoms with van der Waals surface area (Å²) in [5, 5.41) is 0. The molecule has 27 heavy (non-hydrogen) atoms. The van der Waals surface area contributed by atoms with Gasteiger partial charge in [0, 0.05) is 5.41 Å². The Morgan fingerprint density at radius 2 is 1.67 bits per heavy atom. The molecule has 4 nitrogen and oxygen atoms in total. The molecule has 0 spiro atoms. The van der Waals surface area contributed by atoms with Crippen LogP contribution in [0.5, 0.6) is 0 Å². The number of hydrogen-bond acceptors (Lipinski definition) is 4. The molecule has 4 bridgehead atoms. The van der Waals surface area contributed by atoms with E-state index in [0.29, 0.717) is 24.2 Å². The Labute approximate surface area is 159 Å². The first-order valence-electron chi connectivity index (χ1n) is 10.5. The molecular formula is C21H30F2O4. The largest absolute Gasteiger partial charge is 0.461 e. The lowest BCUT2D eigenvalue weighted by molar-refractivity contribution is -0.215. The van der Waals surface area contributed by atoms with Crippen LogP contribution in [0.3, 0.4) is 0 Å².